The van der Waals surface area contributed by atoms with Crippen LogP contribution in [0.3, 0.4) is 0 Å². The van der Waals surface area contributed by atoms with Gasteiger partial charge in [0.15, 0.2) is 5.75 Å². The van der Waals surface area contributed by atoms with Crippen molar-refractivity contribution in [2.45, 2.75) is 25.8 Å². The van der Waals surface area contributed by atoms with Crippen molar-refractivity contribution < 1.29 is 4.74 Å². The number of halogens is 1. The highest BCUT2D eigenvalue weighted by Crippen LogP contribution is 2.30. The Morgan fingerprint density at radius 2 is 2.24 bits per heavy atom. The predicted octanol–water partition coefficient (Wildman–Crippen LogP) is 1.70. The predicted molar refractivity (Wildman–Crippen MR) is 68.7 cm³/mol. The van der Waals surface area contributed by atoms with Gasteiger partial charge in [-0.3, -0.25) is 4.68 Å². The molecule has 1 saturated carbocycles. The second-order valence-electron chi connectivity index (χ2n) is 5.01. The quantitative estimate of drug-likeness (QED) is 0.873. The van der Waals surface area contributed by atoms with Crippen LogP contribution in [0.5, 0.6) is 5.75 Å². The van der Waals surface area contributed by atoms with E-state index in [0.717, 1.165) is 37.9 Å². The van der Waals surface area contributed by atoms with Crippen molar-refractivity contribution in [3.05, 3.63) is 12.4 Å². The third kappa shape index (κ3) is 3.61. The summed E-state index contributed by atoms with van der Waals surface area (Å²) in [5.41, 5.74) is 0. The molecule has 2 fully saturated rings. The van der Waals surface area contributed by atoms with Crippen LogP contribution in [0.15, 0.2) is 12.4 Å². The van der Waals surface area contributed by atoms with Gasteiger partial charge in [0.05, 0.1) is 19.0 Å². The first-order valence-corrected chi connectivity index (χ1v) is 6.26. The summed E-state index contributed by atoms with van der Waals surface area (Å²) in [5.74, 6) is 2.46. The largest absolute Gasteiger partial charge is 0.490 e. The van der Waals surface area contributed by atoms with Crippen LogP contribution >= 0.6 is 12.4 Å². The van der Waals surface area contributed by atoms with Crippen LogP contribution in [0.1, 0.15) is 19.3 Å². The summed E-state index contributed by atoms with van der Waals surface area (Å²) in [7, 11) is 0. The highest BCUT2D eigenvalue weighted by Gasteiger charge is 2.22. The second kappa shape index (κ2) is 5.74. The number of nitrogens with zero attached hydrogens (tertiary/aromatic N) is 2. The van der Waals surface area contributed by atoms with Crippen LogP contribution in [-0.2, 0) is 6.54 Å². The molecule has 1 saturated heterocycles. The molecule has 4 nitrogen and oxygen atoms in total. The summed E-state index contributed by atoms with van der Waals surface area (Å²) in [4.78, 5) is 0. The first kappa shape index (κ1) is 12.7. The Morgan fingerprint density at radius 3 is 2.94 bits per heavy atom. The Balaban J connectivity index is 0.00000108. The minimum absolute atomic E-state index is 0. The molecule has 1 aliphatic heterocycles. The highest BCUT2D eigenvalue weighted by atomic mass is 35.5. The fraction of sp³-hybridized carbons (Fsp3) is 0.750. The van der Waals surface area contributed by atoms with Crippen LogP contribution < -0.4 is 10.1 Å². The number of rotatable bonds is 5. The van der Waals surface area contributed by atoms with Crippen LogP contribution in [0.2, 0.25) is 0 Å². The first-order chi connectivity index (χ1) is 7.90. The lowest BCUT2D eigenvalue weighted by atomic mass is 10.1. The van der Waals surface area contributed by atoms with Gasteiger partial charge in [-0.15, -0.1) is 12.4 Å². The number of ether oxygens (including phenoxy) is 1. The lowest BCUT2D eigenvalue weighted by molar-refractivity contribution is 0.259. The maximum Gasteiger partial charge on any atom is 0.157 e. The normalized spacial score (nSPS) is 23.4. The molecular formula is C12H20ClN3O. The van der Waals surface area contributed by atoms with Crippen molar-refractivity contribution >= 4 is 12.4 Å². The molecule has 2 heterocycles. The lowest BCUT2D eigenvalue weighted by Crippen LogP contribution is -2.15. The molecule has 1 aromatic rings. The number of hydrogen-bond donors (Lipinski definition) is 1. The van der Waals surface area contributed by atoms with Gasteiger partial charge >= 0.3 is 0 Å². The van der Waals surface area contributed by atoms with Gasteiger partial charge in [0.2, 0.25) is 0 Å². The molecule has 1 aromatic heterocycles. The fourth-order valence-electron chi connectivity index (χ4n) is 2.15. The van der Waals surface area contributed by atoms with Crippen molar-refractivity contribution in [1.82, 2.24) is 15.1 Å². The Labute approximate surface area is 108 Å². The molecule has 5 heteroatoms. The monoisotopic (exact) mass is 257 g/mol. The zero-order valence-electron chi connectivity index (χ0n) is 9.97. The number of aromatic nitrogens is 2. The van der Waals surface area contributed by atoms with E-state index < -0.39 is 0 Å². The molecule has 3 rings (SSSR count). The molecule has 1 unspecified atom stereocenters. The van der Waals surface area contributed by atoms with E-state index in [9.17, 15) is 0 Å². The third-order valence-corrected chi connectivity index (χ3v) is 3.40. The molecule has 0 bridgehead atoms. The van der Waals surface area contributed by atoms with Gasteiger partial charge in [0.25, 0.3) is 0 Å². The summed E-state index contributed by atoms with van der Waals surface area (Å²) in [5, 5.41) is 7.66. The SMILES string of the molecule is Cl.c1nn(CC2CC2)cc1OCC1CCNC1. The van der Waals surface area contributed by atoms with Gasteiger partial charge in [-0.1, -0.05) is 0 Å². The summed E-state index contributed by atoms with van der Waals surface area (Å²) in [6.07, 6.45) is 7.83. The molecule has 0 aromatic carbocycles. The van der Waals surface area contributed by atoms with Gasteiger partial charge in [-0.05, 0) is 31.7 Å². The summed E-state index contributed by atoms with van der Waals surface area (Å²) in [6.45, 7) is 4.11. The maximum atomic E-state index is 5.75. The fourth-order valence-corrected chi connectivity index (χ4v) is 2.15. The third-order valence-electron chi connectivity index (χ3n) is 3.40. The summed E-state index contributed by atoms with van der Waals surface area (Å²) >= 11 is 0. The smallest absolute Gasteiger partial charge is 0.157 e. The number of nitrogens with one attached hydrogen (secondary N) is 1. The molecular weight excluding hydrogens is 238 g/mol. The molecule has 2 aliphatic rings. The van der Waals surface area contributed by atoms with Gasteiger partial charge in [0, 0.05) is 19.0 Å². The van der Waals surface area contributed by atoms with E-state index in [1.807, 2.05) is 17.1 Å². The van der Waals surface area contributed by atoms with E-state index in [-0.39, 0.29) is 12.4 Å². The Hall–Kier alpha value is -0.740. The molecule has 96 valence electrons. The van der Waals surface area contributed by atoms with Gasteiger partial charge < -0.3 is 10.1 Å². The maximum absolute atomic E-state index is 5.75. The van der Waals surface area contributed by atoms with E-state index in [2.05, 4.69) is 10.4 Å². The second-order valence-corrected chi connectivity index (χ2v) is 5.01. The van der Waals surface area contributed by atoms with Crippen molar-refractivity contribution in [1.29, 1.82) is 0 Å². The molecule has 1 N–H and O–H groups in total. The summed E-state index contributed by atoms with van der Waals surface area (Å²) < 4.78 is 7.76. The molecule has 0 spiro atoms. The molecule has 17 heavy (non-hydrogen) atoms. The van der Waals surface area contributed by atoms with Crippen molar-refractivity contribution in [2.75, 3.05) is 19.7 Å². The zero-order valence-corrected chi connectivity index (χ0v) is 10.8. The van der Waals surface area contributed by atoms with Crippen LogP contribution in [0, 0.1) is 11.8 Å². The van der Waals surface area contributed by atoms with E-state index in [0.29, 0.717) is 5.92 Å². The molecule has 1 aliphatic carbocycles. The lowest BCUT2D eigenvalue weighted by Gasteiger charge is -2.08. The Morgan fingerprint density at radius 1 is 1.35 bits per heavy atom. The van der Waals surface area contributed by atoms with E-state index in [4.69, 9.17) is 4.74 Å². The zero-order chi connectivity index (χ0) is 10.8. The average molecular weight is 258 g/mol. The van der Waals surface area contributed by atoms with E-state index >= 15 is 0 Å². The topological polar surface area (TPSA) is 39.1 Å². The van der Waals surface area contributed by atoms with Crippen molar-refractivity contribution in [3.63, 3.8) is 0 Å². The minimum Gasteiger partial charge on any atom is -0.490 e. The van der Waals surface area contributed by atoms with Crippen molar-refractivity contribution in [2.24, 2.45) is 11.8 Å². The molecule has 1 atom stereocenters. The van der Waals surface area contributed by atoms with E-state index in [1.165, 1.54) is 19.3 Å². The van der Waals surface area contributed by atoms with Crippen LogP contribution in [-0.4, -0.2) is 29.5 Å². The van der Waals surface area contributed by atoms with Gasteiger partial charge in [0.1, 0.15) is 0 Å². The van der Waals surface area contributed by atoms with E-state index in [1.54, 1.807) is 0 Å². The minimum atomic E-state index is 0. The standard InChI is InChI=1S/C12H19N3O.ClH/c1-2-10(1)7-15-8-12(6-14-15)16-9-11-3-4-13-5-11;/h6,8,10-11,13H,1-5,7,9H2;1H. The number of hydrogen-bond acceptors (Lipinski definition) is 3. The summed E-state index contributed by atoms with van der Waals surface area (Å²) in [6, 6.07) is 0. The van der Waals surface area contributed by atoms with Crippen molar-refractivity contribution in [3.8, 4) is 5.75 Å². The first-order valence-electron chi connectivity index (χ1n) is 6.26. The average Bonchev–Trinajstić information content (AvgIpc) is 2.81. The van der Waals surface area contributed by atoms with Crippen LogP contribution in [0.25, 0.3) is 0 Å². The van der Waals surface area contributed by atoms with Gasteiger partial charge in [-0.2, -0.15) is 5.10 Å². The Kier molecular flexibility index (Phi) is 4.29. The molecule has 0 radical (unpaired) electrons. The highest BCUT2D eigenvalue weighted by molar-refractivity contribution is 5.85. The van der Waals surface area contributed by atoms with Crippen LogP contribution in [0.4, 0.5) is 0 Å². The molecule has 0 amide bonds. The van der Waals surface area contributed by atoms with Gasteiger partial charge in [-0.25, -0.2) is 0 Å². The Bertz CT molecular complexity index is 345.